The zero-order chi connectivity index (χ0) is 20.3. The highest BCUT2D eigenvalue weighted by atomic mass is 35.5. The smallest absolute Gasteiger partial charge is 0.243 e. The van der Waals surface area contributed by atoms with Gasteiger partial charge < -0.3 is 4.90 Å². The molecule has 0 bridgehead atoms. The Kier molecular flexibility index (Phi) is 6.77. The Bertz CT molecular complexity index is 893. The van der Waals surface area contributed by atoms with Gasteiger partial charge in [-0.1, -0.05) is 17.7 Å². The summed E-state index contributed by atoms with van der Waals surface area (Å²) in [5.74, 6) is 0.0226. The molecule has 0 N–H and O–H groups in total. The number of halogens is 1. The maximum Gasteiger partial charge on any atom is 0.243 e. The van der Waals surface area contributed by atoms with Gasteiger partial charge >= 0.3 is 0 Å². The predicted octanol–water partition coefficient (Wildman–Crippen LogP) is 2.93. The molecule has 9 heteroatoms. The first-order valence-electron chi connectivity index (χ1n) is 9.06. The maximum absolute atomic E-state index is 12.7. The van der Waals surface area contributed by atoms with Crippen molar-refractivity contribution in [3.63, 3.8) is 0 Å². The Morgan fingerprint density at radius 2 is 1.82 bits per heavy atom. The van der Waals surface area contributed by atoms with Crippen molar-refractivity contribution < 1.29 is 13.2 Å². The van der Waals surface area contributed by atoms with E-state index in [2.05, 4.69) is 13.0 Å². The van der Waals surface area contributed by atoms with Gasteiger partial charge in [0.1, 0.15) is 0 Å². The third-order valence-corrected chi connectivity index (χ3v) is 8.25. The molecule has 1 aromatic carbocycles. The van der Waals surface area contributed by atoms with Crippen LogP contribution in [0, 0.1) is 0 Å². The Morgan fingerprint density at radius 1 is 1.18 bits per heavy atom. The Balaban J connectivity index is 1.56. The van der Waals surface area contributed by atoms with E-state index in [0.717, 1.165) is 0 Å². The largest absolute Gasteiger partial charge is 0.339 e. The average molecular weight is 442 g/mol. The standard InChI is InChI=1S/C19H24ClN3O3S2/c1-15(18-4-3-13-27-18)21(2)14-19(24)22-9-11-23(12-10-22)28(25,26)17-7-5-16(20)6-8-17/h3-8,13,15H,9-12,14H2,1-2H3. The molecular formula is C19H24ClN3O3S2. The fraction of sp³-hybridized carbons (Fsp3) is 0.421. The number of sulfonamides is 1. The number of carbonyl (C=O) groups excluding carboxylic acids is 1. The summed E-state index contributed by atoms with van der Waals surface area (Å²) in [7, 11) is -1.63. The number of amides is 1. The van der Waals surface area contributed by atoms with Crippen molar-refractivity contribution in [2.24, 2.45) is 0 Å². The highest BCUT2D eigenvalue weighted by molar-refractivity contribution is 7.89. The SMILES string of the molecule is CC(c1cccs1)N(C)CC(=O)N1CCN(S(=O)(=O)c2ccc(Cl)cc2)CC1. The summed E-state index contributed by atoms with van der Waals surface area (Å²) in [6.45, 7) is 3.76. The minimum absolute atomic E-state index is 0.0226. The van der Waals surface area contributed by atoms with Crippen LogP contribution >= 0.6 is 22.9 Å². The van der Waals surface area contributed by atoms with Gasteiger partial charge in [-0.05, 0) is 49.7 Å². The fourth-order valence-electron chi connectivity index (χ4n) is 3.13. The second-order valence-electron chi connectivity index (χ2n) is 6.85. The van der Waals surface area contributed by atoms with Crippen LogP contribution in [-0.4, -0.2) is 68.2 Å². The van der Waals surface area contributed by atoms with Gasteiger partial charge in [-0.3, -0.25) is 9.69 Å². The van der Waals surface area contributed by atoms with Crippen molar-refractivity contribution in [3.8, 4) is 0 Å². The number of hydrogen-bond acceptors (Lipinski definition) is 5. The molecule has 1 aliphatic heterocycles. The number of carbonyl (C=O) groups is 1. The zero-order valence-electron chi connectivity index (χ0n) is 15.9. The van der Waals surface area contributed by atoms with E-state index in [-0.39, 0.29) is 16.8 Å². The van der Waals surface area contributed by atoms with Crippen molar-refractivity contribution in [1.82, 2.24) is 14.1 Å². The van der Waals surface area contributed by atoms with Crippen LogP contribution in [0.2, 0.25) is 5.02 Å². The Labute approximate surface area is 175 Å². The second kappa shape index (κ2) is 8.92. The molecule has 1 fully saturated rings. The molecule has 3 rings (SSSR count). The first kappa shape index (κ1) is 21.3. The van der Waals surface area contributed by atoms with Gasteiger partial charge in [0.2, 0.25) is 15.9 Å². The molecule has 1 amide bonds. The van der Waals surface area contributed by atoms with Crippen LogP contribution in [0.15, 0.2) is 46.7 Å². The molecule has 0 saturated carbocycles. The van der Waals surface area contributed by atoms with Crippen molar-refractivity contribution in [2.75, 3.05) is 39.8 Å². The fourth-order valence-corrected chi connectivity index (χ4v) is 5.53. The molecule has 1 atom stereocenters. The molecule has 1 unspecified atom stereocenters. The molecule has 2 aromatic rings. The van der Waals surface area contributed by atoms with Gasteiger partial charge in [-0.15, -0.1) is 11.3 Å². The Morgan fingerprint density at radius 3 is 2.39 bits per heavy atom. The molecule has 1 saturated heterocycles. The summed E-state index contributed by atoms with van der Waals surface area (Å²) in [4.78, 5) is 17.9. The third kappa shape index (κ3) is 4.75. The lowest BCUT2D eigenvalue weighted by Crippen LogP contribution is -2.52. The van der Waals surface area contributed by atoms with E-state index < -0.39 is 10.0 Å². The number of rotatable bonds is 6. The van der Waals surface area contributed by atoms with Crippen LogP contribution in [0.25, 0.3) is 0 Å². The molecule has 0 radical (unpaired) electrons. The minimum Gasteiger partial charge on any atom is -0.339 e. The monoisotopic (exact) mass is 441 g/mol. The normalized spacial score (nSPS) is 17.1. The van der Waals surface area contributed by atoms with E-state index in [1.54, 1.807) is 28.4 Å². The Hall–Kier alpha value is -1.45. The number of likely N-dealkylation sites (N-methyl/N-ethyl adjacent to an activating group) is 1. The molecule has 1 aromatic heterocycles. The number of benzene rings is 1. The number of hydrogen-bond donors (Lipinski definition) is 0. The second-order valence-corrected chi connectivity index (χ2v) is 10.2. The average Bonchev–Trinajstić information content (AvgIpc) is 3.22. The summed E-state index contributed by atoms with van der Waals surface area (Å²) < 4.78 is 26.9. The first-order valence-corrected chi connectivity index (χ1v) is 11.8. The van der Waals surface area contributed by atoms with Gasteiger partial charge in [-0.2, -0.15) is 4.31 Å². The lowest BCUT2D eigenvalue weighted by atomic mass is 10.2. The van der Waals surface area contributed by atoms with Crippen LogP contribution in [-0.2, 0) is 14.8 Å². The molecule has 28 heavy (non-hydrogen) atoms. The molecule has 0 aliphatic carbocycles. The van der Waals surface area contributed by atoms with E-state index in [1.807, 2.05) is 23.4 Å². The van der Waals surface area contributed by atoms with Crippen molar-refractivity contribution >= 4 is 38.9 Å². The molecule has 2 heterocycles. The predicted molar refractivity (Wildman–Crippen MR) is 112 cm³/mol. The van der Waals surface area contributed by atoms with E-state index in [0.29, 0.717) is 37.7 Å². The lowest BCUT2D eigenvalue weighted by Gasteiger charge is -2.35. The maximum atomic E-state index is 12.7. The summed E-state index contributed by atoms with van der Waals surface area (Å²) >= 11 is 7.52. The highest BCUT2D eigenvalue weighted by Crippen LogP contribution is 2.24. The quantitative estimate of drug-likeness (QED) is 0.691. The number of nitrogens with zero attached hydrogens (tertiary/aromatic N) is 3. The summed E-state index contributed by atoms with van der Waals surface area (Å²) in [5, 5.41) is 2.53. The van der Waals surface area contributed by atoms with Crippen LogP contribution in [0.1, 0.15) is 17.8 Å². The third-order valence-electron chi connectivity index (χ3n) is 5.04. The van der Waals surface area contributed by atoms with Gasteiger partial charge in [-0.25, -0.2) is 8.42 Å². The van der Waals surface area contributed by atoms with Gasteiger partial charge in [0.05, 0.1) is 11.4 Å². The first-order chi connectivity index (χ1) is 13.3. The summed E-state index contributed by atoms with van der Waals surface area (Å²) in [6.07, 6.45) is 0. The zero-order valence-corrected chi connectivity index (χ0v) is 18.3. The molecule has 1 aliphatic rings. The molecule has 0 spiro atoms. The van der Waals surface area contributed by atoms with Gasteiger partial charge in [0.15, 0.2) is 0 Å². The van der Waals surface area contributed by atoms with Crippen LogP contribution in [0.5, 0.6) is 0 Å². The number of piperazine rings is 1. The molecular weight excluding hydrogens is 418 g/mol. The van der Waals surface area contributed by atoms with Gasteiger partial charge in [0.25, 0.3) is 0 Å². The summed E-state index contributed by atoms with van der Waals surface area (Å²) in [5.41, 5.74) is 0. The van der Waals surface area contributed by atoms with Crippen molar-refractivity contribution in [2.45, 2.75) is 17.9 Å². The van der Waals surface area contributed by atoms with E-state index in [4.69, 9.17) is 11.6 Å². The van der Waals surface area contributed by atoms with Crippen LogP contribution in [0.3, 0.4) is 0 Å². The van der Waals surface area contributed by atoms with E-state index in [9.17, 15) is 13.2 Å². The molecule has 152 valence electrons. The van der Waals surface area contributed by atoms with E-state index in [1.165, 1.54) is 21.3 Å². The van der Waals surface area contributed by atoms with Crippen molar-refractivity contribution in [3.05, 3.63) is 51.7 Å². The van der Waals surface area contributed by atoms with Gasteiger partial charge in [0, 0.05) is 42.1 Å². The minimum atomic E-state index is -3.57. The topological polar surface area (TPSA) is 60.9 Å². The highest BCUT2D eigenvalue weighted by Gasteiger charge is 2.30. The lowest BCUT2D eigenvalue weighted by molar-refractivity contribution is -0.133. The summed E-state index contributed by atoms with van der Waals surface area (Å²) in [6, 6.07) is 10.4. The van der Waals surface area contributed by atoms with Crippen molar-refractivity contribution in [1.29, 1.82) is 0 Å². The van der Waals surface area contributed by atoms with Crippen LogP contribution < -0.4 is 0 Å². The van der Waals surface area contributed by atoms with E-state index >= 15 is 0 Å². The number of thiophene rings is 1. The molecule has 6 nitrogen and oxygen atoms in total. The van der Waals surface area contributed by atoms with Crippen LogP contribution in [0.4, 0.5) is 0 Å².